The highest BCUT2D eigenvalue weighted by Crippen LogP contribution is 2.23. The zero-order valence-electron chi connectivity index (χ0n) is 11.2. The van der Waals surface area contributed by atoms with Crippen molar-refractivity contribution in [1.82, 2.24) is 9.55 Å². The number of benzene rings is 1. The van der Waals surface area contributed by atoms with E-state index in [-0.39, 0.29) is 0 Å². The highest BCUT2D eigenvalue weighted by molar-refractivity contribution is 7.07. The third-order valence-electron chi connectivity index (χ3n) is 3.27. The van der Waals surface area contributed by atoms with Gasteiger partial charge < -0.3 is 9.30 Å². The van der Waals surface area contributed by atoms with Gasteiger partial charge >= 0.3 is 0 Å². The van der Waals surface area contributed by atoms with Gasteiger partial charge in [0.25, 0.3) is 0 Å². The Bertz CT molecular complexity index is 706. The fraction of sp³-hybridized carbons (Fsp3) is 0.267. The van der Waals surface area contributed by atoms with E-state index in [1.807, 2.05) is 12.1 Å². The van der Waals surface area contributed by atoms with Crippen LogP contribution in [0.2, 0.25) is 0 Å². The van der Waals surface area contributed by atoms with Crippen LogP contribution in [0.3, 0.4) is 0 Å². The molecule has 0 radical (unpaired) electrons. The van der Waals surface area contributed by atoms with Crippen LogP contribution in [0.1, 0.15) is 11.4 Å². The van der Waals surface area contributed by atoms with Crippen LogP contribution in [0.15, 0.2) is 35.0 Å². The minimum Gasteiger partial charge on any atom is -0.497 e. The van der Waals surface area contributed by atoms with Gasteiger partial charge in [-0.15, -0.1) is 11.6 Å². The Balaban J connectivity index is 2.08. The molecule has 104 valence electrons. The molecule has 0 atom stereocenters. The topological polar surface area (TPSA) is 27.1 Å². The maximum atomic E-state index is 5.90. The maximum absolute atomic E-state index is 5.90. The molecule has 0 amide bonds. The minimum absolute atomic E-state index is 0.574. The largest absolute Gasteiger partial charge is 0.497 e. The Morgan fingerprint density at radius 3 is 2.95 bits per heavy atom. The van der Waals surface area contributed by atoms with Crippen molar-refractivity contribution in [3.05, 3.63) is 46.4 Å². The van der Waals surface area contributed by atoms with Crippen molar-refractivity contribution in [2.75, 3.05) is 13.0 Å². The van der Waals surface area contributed by atoms with Gasteiger partial charge in [-0.05, 0) is 34.5 Å². The second-order valence-corrected chi connectivity index (χ2v) is 5.70. The van der Waals surface area contributed by atoms with Crippen LogP contribution in [-0.2, 0) is 13.0 Å². The van der Waals surface area contributed by atoms with Crippen molar-refractivity contribution in [2.24, 2.45) is 0 Å². The maximum Gasteiger partial charge on any atom is 0.121 e. The number of rotatable bonds is 5. The van der Waals surface area contributed by atoms with E-state index < -0.39 is 0 Å². The molecular weight excluding hydrogens is 292 g/mol. The second kappa shape index (κ2) is 5.85. The van der Waals surface area contributed by atoms with Gasteiger partial charge in [-0.2, -0.15) is 11.3 Å². The summed E-state index contributed by atoms with van der Waals surface area (Å²) in [5.41, 5.74) is 3.37. The van der Waals surface area contributed by atoms with E-state index in [0.717, 1.165) is 35.6 Å². The van der Waals surface area contributed by atoms with Gasteiger partial charge in [-0.3, -0.25) is 0 Å². The molecule has 0 bridgehead atoms. The molecule has 2 heterocycles. The van der Waals surface area contributed by atoms with Gasteiger partial charge in [0.2, 0.25) is 0 Å². The molecule has 0 unspecified atom stereocenters. The van der Waals surface area contributed by atoms with Crippen LogP contribution < -0.4 is 4.74 Å². The standard InChI is InChI=1S/C15H15ClN2OS/c1-19-12-2-3-14-13(8-12)17-15(4-6-16)18(14)9-11-5-7-20-10-11/h2-3,5,7-8,10H,4,6,9H2,1H3. The molecule has 3 rings (SSSR count). The number of aryl methyl sites for hydroxylation is 1. The summed E-state index contributed by atoms with van der Waals surface area (Å²) >= 11 is 7.61. The highest BCUT2D eigenvalue weighted by Gasteiger charge is 2.11. The van der Waals surface area contributed by atoms with Gasteiger partial charge in [-0.25, -0.2) is 4.98 Å². The Hall–Kier alpha value is -1.52. The van der Waals surface area contributed by atoms with E-state index in [0.29, 0.717) is 5.88 Å². The number of alkyl halides is 1. The number of aromatic nitrogens is 2. The molecule has 0 aliphatic heterocycles. The first-order valence-electron chi connectivity index (χ1n) is 6.42. The molecule has 0 aliphatic carbocycles. The molecule has 0 N–H and O–H groups in total. The first kappa shape index (κ1) is 13.5. The second-order valence-electron chi connectivity index (χ2n) is 4.54. The number of halogens is 1. The van der Waals surface area contributed by atoms with Crippen molar-refractivity contribution in [3.8, 4) is 5.75 Å². The van der Waals surface area contributed by atoms with Crippen molar-refractivity contribution >= 4 is 34.0 Å². The quantitative estimate of drug-likeness (QED) is 0.668. The molecule has 3 nitrogen and oxygen atoms in total. The van der Waals surface area contributed by atoms with Gasteiger partial charge in [-0.1, -0.05) is 0 Å². The third kappa shape index (κ3) is 2.53. The molecular formula is C15H15ClN2OS. The lowest BCUT2D eigenvalue weighted by atomic mass is 10.2. The molecule has 5 heteroatoms. The van der Waals surface area contributed by atoms with E-state index in [9.17, 15) is 0 Å². The lowest BCUT2D eigenvalue weighted by Gasteiger charge is -2.07. The van der Waals surface area contributed by atoms with Crippen LogP contribution in [0.25, 0.3) is 11.0 Å². The number of hydrogen-bond acceptors (Lipinski definition) is 3. The summed E-state index contributed by atoms with van der Waals surface area (Å²) < 4.78 is 7.50. The van der Waals surface area contributed by atoms with E-state index in [2.05, 4.69) is 27.5 Å². The number of thiophene rings is 1. The van der Waals surface area contributed by atoms with Gasteiger partial charge in [0.15, 0.2) is 0 Å². The molecule has 3 aromatic rings. The summed E-state index contributed by atoms with van der Waals surface area (Å²) in [7, 11) is 1.67. The van der Waals surface area contributed by atoms with E-state index >= 15 is 0 Å². The number of nitrogens with zero attached hydrogens (tertiary/aromatic N) is 2. The zero-order valence-corrected chi connectivity index (χ0v) is 12.7. The van der Waals surface area contributed by atoms with Gasteiger partial charge in [0.05, 0.1) is 24.7 Å². The summed E-state index contributed by atoms with van der Waals surface area (Å²) in [6, 6.07) is 8.14. The third-order valence-corrected chi connectivity index (χ3v) is 4.19. The van der Waals surface area contributed by atoms with Crippen molar-refractivity contribution in [2.45, 2.75) is 13.0 Å². The lowest BCUT2D eigenvalue weighted by molar-refractivity contribution is 0.415. The summed E-state index contributed by atoms with van der Waals surface area (Å²) in [5.74, 6) is 2.42. The highest BCUT2D eigenvalue weighted by atomic mass is 35.5. The average molecular weight is 307 g/mol. The number of imidazole rings is 1. The number of methoxy groups -OCH3 is 1. The summed E-state index contributed by atoms with van der Waals surface area (Å²) in [6.45, 7) is 0.832. The molecule has 20 heavy (non-hydrogen) atoms. The lowest BCUT2D eigenvalue weighted by Crippen LogP contribution is -2.05. The first-order valence-corrected chi connectivity index (χ1v) is 7.89. The van der Waals surface area contributed by atoms with Gasteiger partial charge in [0, 0.05) is 18.4 Å². The van der Waals surface area contributed by atoms with Crippen molar-refractivity contribution in [1.29, 1.82) is 0 Å². The molecule has 1 aromatic carbocycles. The number of ether oxygens (including phenoxy) is 1. The molecule has 0 saturated heterocycles. The zero-order chi connectivity index (χ0) is 13.9. The fourth-order valence-electron chi connectivity index (χ4n) is 2.30. The Morgan fingerprint density at radius 1 is 1.35 bits per heavy atom. The predicted molar refractivity (Wildman–Crippen MR) is 84.1 cm³/mol. The molecule has 0 spiro atoms. The molecule has 0 aliphatic rings. The first-order chi connectivity index (χ1) is 9.81. The molecule has 0 fully saturated rings. The van der Waals surface area contributed by atoms with Crippen molar-refractivity contribution < 1.29 is 4.74 Å². The number of fused-ring (bicyclic) bond motifs is 1. The summed E-state index contributed by atoms with van der Waals surface area (Å²) in [6.07, 6.45) is 0.767. The van der Waals surface area contributed by atoms with Crippen LogP contribution in [0.5, 0.6) is 5.75 Å². The molecule has 0 saturated carbocycles. The fourth-order valence-corrected chi connectivity index (χ4v) is 3.13. The SMILES string of the molecule is COc1ccc2c(c1)nc(CCCl)n2Cc1ccsc1. The van der Waals surface area contributed by atoms with Crippen LogP contribution >= 0.6 is 22.9 Å². The average Bonchev–Trinajstić information content (AvgIpc) is 3.08. The van der Waals surface area contributed by atoms with Crippen LogP contribution in [0, 0.1) is 0 Å². The van der Waals surface area contributed by atoms with Crippen molar-refractivity contribution in [3.63, 3.8) is 0 Å². The number of hydrogen-bond donors (Lipinski definition) is 0. The Kier molecular flexibility index (Phi) is 3.94. The monoisotopic (exact) mass is 306 g/mol. The van der Waals surface area contributed by atoms with Gasteiger partial charge in [0.1, 0.15) is 11.6 Å². The summed E-state index contributed by atoms with van der Waals surface area (Å²) in [5, 5.41) is 4.26. The van der Waals surface area contributed by atoms with E-state index in [4.69, 9.17) is 21.3 Å². The Labute approximate surface area is 126 Å². The van der Waals surface area contributed by atoms with E-state index in [1.54, 1.807) is 18.4 Å². The molecule has 2 aromatic heterocycles. The Morgan fingerprint density at radius 2 is 2.25 bits per heavy atom. The van der Waals surface area contributed by atoms with Crippen LogP contribution in [0.4, 0.5) is 0 Å². The summed E-state index contributed by atoms with van der Waals surface area (Å²) in [4.78, 5) is 4.69. The normalized spacial score (nSPS) is 11.1. The van der Waals surface area contributed by atoms with Crippen LogP contribution in [-0.4, -0.2) is 22.5 Å². The smallest absolute Gasteiger partial charge is 0.121 e. The van der Waals surface area contributed by atoms with E-state index in [1.165, 1.54) is 5.56 Å². The predicted octanol–water partition coefficient (Wildman–Crippen LogP) is 3.94. The minimum atomic E-state index is 0.574.